The summed E-state index contributed by atoms with van der Waals surface area (Å²) in [5.74, 6) is 0.515. The molecule has 0 spiro atoms. The Hall–Kier alpha value is -3.45. The molecule has 0 bridgehead atoms. The molecule has 2 N–H and O–H groups in total. The van der Waals surface area contributed by atoms with Crippen LogP contribution in [0.5, 0.6) is 0 Å². The van der Waals surface area contributed by atoms with Gasteiger partial charge in [-0.3, -0.25) is 4.79 Å². The van der Waals surface area contributed by atoms with Crippen LogP contribution >= 0.6 is 0 Å². The van der Waals surface area contributed by atoms with Crippen molar-refractivity contribution in [3.05, 3.63) is 72.4 Å². The summed E-state index contributed by atoms with van der Waals surface area (Å²) in [6, 6.07) is 19.3. The second-order valence-electron chi connectivity index (χ2n) is 7.22. The summed E-state index contributed by atoms with van der Waals surface area (Å²) in [5, 5.41) is 14.4. The molecule has 0 aliphatic carbocycles. The monoisotopic (exact) mass is 403 g/mol. The number of aromatic nitrogens is 2. The van der Waals surface area contributed by atoms with Crippen molar-refractivity contribution in [3.8, 4) is 0 Å². The highest BCUT2D eigenvalue weighted by atomic mass is 16.5. The SMILES string of the molecule is O=C(COCc1ccccc1)Nc1ccc(Nc2cc(N3CCCC3)cnn2)cc1. The van der Waals surface area contributed by atoms with Crippen LogP contribution in [0.2, 0.25) is 0 Å². The highest BCUT2D eigenvalue weighted by molar-refractivity contribution is 5.91. The van der Waals surface area contributed by atoms with E-state index in [0.717, 1.165) is 30.0 Å². The average molecular weight is 403 g/mol. The highest BCUT2D eigenvalue weighted by Crippen LogP contribution is 2.23. The third-order valence-corrected chi connectivity index (χ3v) is 4.90. The second kappa shape index (κ2) is 9.84. The van der Waals surface area contributed by atoms with E-state index in [0.29, 0.717) is 18.1 Å². The van der Waals surface area contributed by atoms with Crippen molar-refractivity contribution in [2.75, 3.05) is 35.2 Å². The van der Waals surface area contributed by atoms with E-state index >= 15 is 0 Å². The molecule has 7 nitrogen and oxygen atoms in total. The zero-order valence-corrected chi connectivity index (χ0v) is 16.8. The number of nitrogens with zero attached hydrogens (tertiary/aromatic N) is 3. The lowest BCUT2D eigenvalue weighted by Gasteiger charge is -2.17. The number of anilines is 4. The Bertz CT molecular complexity index is 957. The molecule has 4 rings (SSSR count). The minimum absolute atomic E-state index is 0.00772. The second-order valence-corrected chi connectivity index (χ2v) is 7.22. The fourth-order valence-corrected chi connectivity index (χ4v) is 3.38. The van der Waals surface area contributed by atoms with Gasteiger partial charge in [-0.25, -0.2) is 0 Å². The van der Waals surface area contributed by atoms with E-state index in [9.17, 15) is 4.79 Å². The molecule has 30 heavy (non-hydrogen) atoms. The number of nitrogens with one attached hydrogen (secondary N) is 2. The number of benzene rings is 2. The van der Waals surface area contributed by atoms with E-state index in [1.165, 1.54) is 12.8 Å². The van der Waals surface area contributed by atoms with Gasteiger partial charge in [-0.15, -0.1) is 5.10 Å². The molecule has 7 heteroatoms. The quantitative estimate of drug-likeness (QED) is 0.592. The van der Waals surface area contributed by atoms with Crippen molar-refractivity contribution < 1.29 is 9.53 Å². The number of hydrogen-bond acceptors (Lipinski definition) is 6. The fourth-order valence-electron chi connectivity index (χ4n) is 3.38. The molecule has 1 amide bonds. The van der Waals surface area contributed by atoms with Crippen molar-refractivity contribution in [2.45, 2.75) is 19.4 Å². The average Bonchev–Trinajstić information content (AvgIpc) is 3.31. The van der Waals surface area contributed by atoms with Crippen molar-refractivity contribution >= 4 is 28.8 Å². The molecule has 0 unspecified atom stereocenters. The Morgan fingerprint density at radius 2 is 1.73 bits per heavy atom. The summed E-state index contributed by atoms with van der Waals surface area (Å²) in [4.78, 5) is 14.4. The first kappa shape index (κ1) is 19.8. The van der Waals surface area contributed by atoms with Crippen molar-refractivity contribution in [2.24, 2.45) is 0 Å². The number of ether oxygens (including phenoxy) is 1. The Labute approximate surface area is 176 Å². The highest BCUT2D eigenvalue weighted by Gasteiger charge is 2.13. The summed E-state index contributed by atoms with van der Waals surface area (Å²) in [7, 11) is 0. The summed E-state index contributed by atoms with van der Waals surface area (Å²) < 4.78 is 5.47. The predicted octanol–water partition coefficient (Wildman–Crippen LogP) is 3.98. The number of hydrogen-bond donors (Lipinski definition) is 2. The van der Waals surface area contributed by atoms with E-state index in [-0.39, 0.29) is 12.5 Å². The topological polar surface area (TPSA) is 79.4 Å². The van der Waals surface area contributed by atoms with E-state index in [1.807, 2.05) is 60.7 Å². The molecule has 1 aromatic heterocycles. The van der Waals surface area contributed by atoms with Crippen molar-refractivity contribution in [1.82, 2.24) is 10.2 Å². The molecule has 1 aliphatic heterocycles. The van der Waals surface area contributed by atoms with Gasteiger partial charge in [0.2, 0.25) is 5.91 Å². The summed E-state index contributed by atoms with van der Waals surface area (Å²) >= 11 is 0. The number of rotatable bonds is 8. The summed E-state index contributed by atoms with van der Waals surface area (Å²) in [5.41, 5.74) is 3.72. The Balaban J connectivity index is 1.26. The van der Waals surface area contributed by atoms with E-state index in [1.54, 1.807) is 6.20 Å². The van der Waals surface area contributed by atoms with E-state index < -0.39 is 0 Å². The molecule has 2 heterocycles. The standard InChI is InChI=1S/C23H25N5O2/c29-23(17-30-16-18-6-2-1-3-7-18)26-20-10-8-19(9-11-20)25-22-14-21(15-24-27-22)28-12-4-5-13-28/h1-3,6-11,14-15H,4-5,12-13,16-17H2,(H,25,27)(H,26,29). The molecule has 0 saturated carbocycles. The largest absolute Gasteiger partial charge is 0.370 e. The first-order chi connectivity index (χ1) is 14.8. The molecule has 1 fully saturated rings. The lowest BCUT2D eigenvalue weighted by atomic mass is 10.2. The number of amides is 1. The Morgan fingerprint density at radius 1 is 1.00 bits per heavy atom. The molecule has 1 aliphatic rings. The van der Waals surface area contributed by atoms with Crippen LogP contribution in [0.25, 0.3) is 0 Å². The molecule has 1 saturated heterocycles. The van der Waals surface area contributed by atoms with E-state index in [4.69, 9.17) is 4.74 Å². The molecular formula is C23H25N5O2. The molecule has 2 aromatic carbocycles. The summed E-state index contributed by atoms with van der Waals surface area (Å²) in [6.07, 6.45) is 4.24. The van der Waals surface area contributed by atoms with Gasteiger partial charge in [0.1, 0.15) is 6.61 Å². The van der Waals surface area contributed by atoms with Gasteiger partial charge in [0, 0.05) is 30.5 Å². The van der Waals surface area contributed by atoms with Crippen LogP contribution in [0.4, 0.5) is 22.9 Å². The van der Waals surface area contributed by atoms with Crippen molar-refractivity contribution in [3.63, 3.8) is 0 Å². The van der Waals surface area contributed by atoms with Crippen LogP contribution < -0.4 is 15.5 Å². The lowest BCUT2D eigenvalue weighted by molar-refractivity contribution is -0.121. The molecule has 3 aromatic rings. The lowest BCUT2D eigenvalue weighted by Crippen LogP contribution is -2.18. The first-order valence-corrected chi connectivity index (χ1v) is 10.1. The Morgan fingerprint density at radius 3 is 2.50 bits per heavy atom. The first-order valence-electron chi connectivity index (χ1n) is 10.1. The van der Waals surface area contributed by atoms with Gasteiger partial charge < -0.3 is 20.3 Å². The molecule has 0 atom stereocenters. The fraction of sp³-hybridized carbons (Fsp3) is 0.261. The number of carbonyl (C=O) groups excluding carboxylic acids is 1. The van der Waals surface area contributed by atoms with Gasteiger partial charge in [0.15, 0.2) is 5.82 Å². The van der Waals surface area contributed by atoms with Gasteiger partial charge in [0.05, 0.1) is 18.5 Å². The van der Waals surface area contributed by atoms with Gasteiger partial charge in [0.25, 0.3) is 0 Å². The number of carbonyl (C=O) groups is 1. The molecule has 154 valence electrons. The van der Waals surface area contributed by atoms with Crippen LogP contribution in [0, 0.1) is 0 Å². The zero-order chi connectivity index (χ0) is 20.6. The van der Waals surface area contributed by atoms with Crippen LogP contribution in [-0.2, 0) is 16.1 Å². The maximum atomic E-state index is 12.1. The van der Waals surface area contributed by atoms with Gasteiger partial charge in [-0.1, -0.05) is 30.3 Å². The van der Waals surface area contributed by atoms with E-state index in [2.05, 4.69) is 25.7 Å². The van der Waals surface area contributed by atoms with Gasteiger partial charge >= 0.3 is 0 Å². The predicted molar refractivity (Wildman–Crippen MR) is 118 cm³/mol. The summed E-state index contributed by atoms with van der Waals surface area (Å²) in [6.45, 7) is 2.55. The van der Waals surface area contributed by atoms with Crippen LogP contribution in [-0.4, -0.2) is 35.8 Å². The maximum Gasteiger partial charge on any atom is 0.250 e. The molecular weight excluding hydrogens is 378 g/mol. The minimum atomic E-state index is -0.184. The zero-order valence-electron chi connectivity index (χ0n) is 16.8. The van der Waals surface area contributed by atoms with Crippen LogP contribution in [0.15, 0.2) is 66.9 Å². The van der Waals surface area contributed by atoms with Gasteiger partial charge in [-0.05, 0) is 42.7 Å². The Kier molecular flexibility index (Phi) is 6.51. The maximum absolute atomic E-state index is 12.1. The normalized spacial score (nSPS) is 13.3. The smallest absolute Gasteiger partial charge is 0.250 e. The van der Waals surface area contributed by atoms with Crippen LogP contribution in [0.1, 0.15) is 18.4 Å². The van der Waals surface area contributed by atoms with Crippen LogP contribution in [0.3, 0.4) is 0 Å². The third-order valence-electron chi connectivity index (χ3n) is 4.90. The molecule has 0 radical (unpaired) electrons. The van der Waals surface area contributed by atoms with Crippen molar-refractivity contribution in [1.29, 1.82) is 0 Å². The van der Waals surface area contributed by atoms with Gasteiger partial charge in [-0.2, -0.15) is 5.10 Å². The minimum Gasteiger partial charge on any atom is -0.370 e. The third kappa shape index (κ3) is 5.55.